The molecule has 2 amide bonds. The van der Waals surface area contributed by atoms with E-state index in [4.69, 9.17) is 27.6 Å². The smallest absolute Gasteiger partial charge is 0.255 e. The Hall–Kier alpha value is -4.83. The molecule has 0 spiro atoms. The van der Waals surface area contributed by atoms with Gasteiger partial charge in [-0.25, -0.2) is 22.3 Å². The van der Waals surface area contributed by atoms with Crippen LogP contribution in [0, 0.1) is 0 Å². The summed E-state index contributed by atoms with van der Waals surface area (Å²) in [6, 6.07) is 30.7. The van der Waals surface area contributed by atoms with E-state index in [1.165, 1.54) is 66.0 Å². The fourth-order valence-electron chi connectivity index (χ4n) is 5.11. The van der Waals surface area contributed by atoms with Gasteiger partial charge in [-0.05, 0) is 90.3 Å². The van der Waals surface area contributed by atoms with Crippen LogP contribution in [0.3, 0.4) is 0 Å². The van der Waals surface area contributed by atoms with Crippen molar-refractivity contribution in [3.8, 4) is 0 Å². The summed E-state index contributed by atoms with van der Waals surface area (Å²) in [5.74, 6) is -0.496. The molecule has 0 atom stereocenters. The van der Waals surface area contributed by atoms with Gasteiger partial charge in [0.25, 0.3) is 5.91 Å². The number of carbonyl (C=O) groups excluding carboxylic acids is 2. The third-order valence-electron chi connectivity index (χ3n) is 7.74. The van der Waals surface area contributed by atoms with Crippen LogP contribution in [0.5, 0.6) is 0 Å². The molecule has 0 unspecified atom stereocenters. The number of hydrazone groups is 1. The third-order valence-corrected chi connectivity index (χ3v) is 11.9. The van der Waals surface area contributed by atoms with Crippen molar-refractivity contribution in [3.63, 3.8) is 0 Å². The molecule has 0 aliphatic heterocycles. The average molecular weight is 797 g/mol. The van der Waals surface area contributed by atoms with E-state index in [0.717, 1.165) is 9.87 Å². The van der Waals surface area contributed by atoms with Crippen molar-refractivity contribution in [1.82, 2.24) is 14.0 Å². The molecular formula is C37H35Cl2N5O7S2. The van der Waals surface area contributed by atoms with Crippen LogP contribution in [0.4, 0.5) is 5.69 Å². The molecule has 53 heavy (non-hydrogen) atoms. The zero-order valence-electron chi connectivity index (χ0n) is 28.4. The monoisotopic (exact) mass is 795 g/mol. The van der Waals surface area contributed by atoms with Crippen LogP contribution in [0.25, 0.3) is 0 Å². The van der Waals surface area contributed by atoms with Gasteiger partial charge >= 0.3 is 0 Å². The summed E-state index contributed by atoms with van der Waals surface area (Å²) < 4.78 is 62.8. The van der Waals surface area contributed by atoms with Gasteiger partial charge in [0.05, 0.1) is 29.1 Å². The van der Waals surface area contributed by atoms with Gasteiger partial charge < -0.3 is 9.73 Å². The van der Waals surface area contributed by atoms with E-state index >= 15 is 0 Å². The summed E-state index contributed by atoms with van der Waals surface area (Å²) in [5, 5.41) is 7.44. The Bertz CT molecular complexity index is 2270. The number of hydrogen-bond acceptors (Lipinski definition) is 8. The SMILES string of the molecule is CC(=O)Nc1ccc(S(=O)(=O)N(CCc2ccccc2)CC(=O)N/N=C\c2ccc(CN(Cc3ccc(Cl)cc3)S(=O)(=O)c3ccc(Cl)cc3)o2)cc1. The second-order valence-electron chi connectivity index (χ2n) is 11.7. The second kappa shape index (κ2) is 17.8. The van der Waals surface area contributed by atoms with Crippen LogP contribution in [0.15, 0.2) is 135 Å². The lowest BCUT2D eigenvalue weighted by molar-refractivity contribution is -0.121. The highest BCUT2D eigenvalue weighted by atomic mass is 35.5. The number of furan rings is 1. The van der Waals surface area contributed by atoms with Crippen LogP contribution < -0.4 is 10.7 Å². The minimum atomic E-state index is -4.13. The van der Waals surface area contributed by atoms with Gasteiger partial charge in [-0.15, -0.1) is 0 Å². The lowest BCUT2D eigenvalue weighted by Gasteiger charge is -2.21. The summed E-state index contributed by atoms with van der Waals surface area (Å²) in [7, 11) is -8.13. The molecule has 0 fully saturated rings. The van der Waals surface area contributed by atoms with Crippen molar-refractivity contribution < 1.29 is 30.8 Å². The molecule has 0 saturated heterocycles. The zero-order chi connectivity index (χ0) is 38.0. The molecule has 4 aromatic carbocycles. The third kappa shape index (κ3) is 11.1. The fraction of sp³-hybridized carbons (Fsp3) is 0.162. The van der Waals surface area contributed by atoms with Gasteiger partial charge in [-0.3, -0.25) is 9.59 Å². The Morgan fingerprint density at radius 2 is 1.30 bits per heavy atom. The number of hydrogen-bond donors (Lipinski definition) is 2. The van der Waals surface area contributed by atoms with Crippen molar-refractivity contribution in [2.75, 3.05) is 18.4 Å². The van der Waals surface area contributed by atoms with Gasteiger partial charge in [-0.2, -0.15) is 13.7 Å². The molecule has 5 rings (SSSR count). The zero-order valence-corrected chi connectivity index (χ0v) is 31.5. The predicted molar refractivity (Wildman–Crippen MR) is 203 cm³/mol. The molecule has 1 aromatic heterocycles. The minimum absolute atomic E-state index is 0.00389. The highest BCUT2D eigenvalue weighted by Crippen LogP contribution is 2.24. The van der Waals surface area contributed by atoms with E-state index in [2.05, 4.69) is 15.8 Å². The molecule has 12 nitrogen and oxygen atoms in total. The van der Waals surface area contributed by atoms with Crippen molar-refractivity contribution in [1.29, 1.82) is 0 Å². The molecular weight excluding hydrogens is 761 g/mol. The first-order valence-corrected chi connectivity index (χ1v) is 19.8. The Labute approximate surface area is 318 Å². The normalized spacial score (nSPS) is 12.0. The first-order chi connectivity index (χ1) is 25.3. The maximum Gasteiger partial charge on any atom is 0.255 e. The maximum atomic E-state index is 13.7. The quantitative estimate of drug-likeness (QED) is 0.0874. The maximum absolute atomic E-state index is 13.7. The number of nitrogens with zero attached hydrogens (tertiary/aromatic N) is 3. The van der Waals surface area contributed by atoms with Crippen LogP contribution in [0.2, 0.25) is 10.0 Å². The molecule has 0 aliphatic rings. The molecule has 2 N–H and O–H groups in total. The molecule has 5 aromatic rings. The lowest BCUT2D eigenvalue weighted by Crippen LogP contribution is -2.40. The number of nitrogens with one attached hydrogen (secondary N) is 2. The van der Waals surface area contributed by atoms with Gasteiger partial charge in [0, 0.05) is 35.7 Å². The van der Waals surface area contributed by atoms with E-state index < -0.39 is 32.5 Å². The van der Waals surface area contributed by atoms with Gasteiger partial charge in [-0.1, -0.05) is 65.7 Å². The molecule has 276 valence electrons. The van der Waals surface area contributed by atoms with E-state index in [9.17, 15) is 26.4 Å². The number of rotatable bonds is 16. The summed E-state index contributed by atoms with van der Waals surface area (Å²) in [4.78, 5) is 24.4. The average Bonchev–Trinajstić information content (AvgIpc) is 3.58. The largest absolute Gasteiger partial charge is 0.459 e. The molecule has 1 heterocycles. The van der Waals surface area contributed by atoms with Crippen molar-refractivity contribution in [2.45, 2.75) is 36.2 Å². The van der Waals surface area contributed by atoms with E-state index in [1.807, 2.05) is 30.3 Å². The highest BCUT2D eigenvalue weighted by molar-refractivity contribution is 7.89. The Morgan fingerprint density at radius 1 is 0.717 bits per heavy atom. The molecule has 0 saturated carbocycles. The van der Waals surface area contributed by atoms with Crippen molar-refractivity contribution in [2.24, 2.45) is 5.10 Å². The first-order valence-electron chi connectivity index (χ1n) is 16.1. The highest BCUT2D eigenvalue weighted by Gasteiger charge is 2.28. The number of sulfonamides is 2. The molecule has 0 aliphatic carbocycles. The number of benzene rings is 4. The number of amides is 2. The summed E-state index contributed by atoms with van der Waals surface area (Å²) in [6.07, 6.45) is 1.57. The van der Waals surface area contributed by atoms with E-state index in [-0.39, 0.29) is 41.1 Å². The van der Waals surface area contributed by atoms with E-state index in [0.29, 0.717) is 33.5 Å². The van der Waals surface area contributed by atoms with E-state index in [1.54, 1.807) is 36.4 Å². The Balaban J connectivity index is 1.27. The topological polar surface area (TPSA) is 158 Å². The summed E-state index contributed by atoms with van der Waals surface area (Å²) in [5.41, 5.74) is 4.35. The van der Waals surface area contributed by atoms with Crippen molar-refractivity contribution in [3.05, 3.63) is 148 Å². The number of anilines is 1. The van der Waals surface area contributed by atoms with Crippen LogP contribution >= 0.6 is 23.2 Å². The summed E-state index contributed by atoms with van der Waals surface area (Å²) >= 11 is 12.0. The minimum Gasteiger partial charge on any atom is -0.459 e. The van der Waals surface area contributed by atoms with Crippen LogP contribution in [-0.4, -0.2) is 56.6 Å². The molecule has 0 radical (unpaired) electrons. The Kier molecular flexibility index (Phi) is 13.2. The van der Waals surface area contributed by atoms with Crippen molar-refractivity contribution >= 4 is 67.0 Å². The van der Waals surface area contributed by atoms with Crippen LogP contribution in [0.1, 0.15) is 29.6 Å². The standard InChI is InChI=1S/C37H35Cl2N5O7S2/c1-27(45)41-32-13-19-36(20-14-32)52(47,48)43(22-21-28-5-3-2-4-6-28)26-37(46)42-40-23-33-15-16-34(51-33)25-44(24-29-7-9-30(38)10-8-29)53(49,50)35-17-11-31(39)12-18-35/h2-20,23H,21-22,24-26H2,1H3,(H,41,45)(H,42,46)/b40-23-. The summed E-state index contributed by atoms with van der Waals surface area (Å²) in [6.45, 7) is 0.700. The van der Waals surface area contributed by atoms with Gasteiger partial charge in [0.2, 0.25) is 26.0 Å². The lowest BCUT2D eigenvalue weighted by atomic mass is 10.1. The first kappa shape index (κ1) is 39.4. The molecule has 16 heteroatoms. The van der Waals surface area contributed by atoms with Gasteiger partial charge in [0.15, 0.2) is 0 Å². The van der Waals surface area contributed by atoms with Crippen LogP contribution in [-0.2, 0) is 49.1 Å². The Morgan fingerprint density at radius 3 is 1.92 bits per heavy atom. The molecule has 0 bridgehead atoms. The second-order valence-corrected chi connectivity index (χ2v) is 16.5. The predicted octanol–water partition coefficient (Wildman–Crippen LogP) is 6.32. The fourth-order valence-corrected chi connectivity index (χ4v) is 8.15. The number of carbonyl (C=O) groups is 2. The number of halogens is 2. The van der Waals surface area contributed by atoms with Gasteiger partial charge in [0.1, 0.15) is 11.5 Å².